The first kappa shape index (κ1) is 14.0. The van der Waals surface area contributed by atoms with E-state index in [9.17, 15) is 0 Å². The second-order valence-corrected chi connectivity index (χ2v) is 5.22. The first-order valence-corrected chi connectivity index (χ1v) is 6.17. The molecule has 0 aliphatic carbocycles. The van der Waals surface area contributed by atoms with Gasteiger partial charge in [0.1, 0.15) is 0 Å². The summed E-state index contributed by atoms with van der Waals surface area (Å²) in [7, 11) is 0. The number of nitrogens with two attached hydrogens (primary N) is 1. The van der Waals surface area contributed by atoms with Gasteiger partial charge in [-0.25, -0.2) is 0 Å². The Morgan fingerprint density at radius 2 is 2.25 bits per heavy atom. The van der Waals surface area contributed by atoms with Gasteiger partial charge >= 0.3 is 0 Å². The van der Waals surface area contributed by atoms with Crippen molar-refractivity contribution >= 4 is 28.3 Å². The van der Waals surface area contributed by atoms with E-state index in [0.717, 1.165) is 26.1 Å². The van der Waals surface area contributed by atoms with Crippen LogP contribution >= 0.6 is 28.3 Å². The lowest BCUT2D eigenvalue weighted by molar-refractivity contribution is 0.327. The number of hydrogen-bond donors (Lipinski definition) is 1. The van der Waals surface area contributed by atoms with Gasteiger partial charge in [-0.1, -0.05) is 28.1 Å². The Balaban J connectivity index is 0.00000128. The van der Waals surface area contributed by atoms with Crippen molar-refractivity contribution in [3.05, 3.63) is 33.8 Å². The van der Waals surface area contributed by atoms with Crippen molar-refractivity contribution in [2.75, 3.05) is 13.1 Å². The van der Waals surface area contributed by atoms with Gasteiger partial charge in [-0.05, 0) is 30.5 Å². The van der Waals surface area contributed by atoms with E-state index < -0.39 is 0 Å². The molecule has 2 N–H and O–H groups in total. The summed E-state index contributed by atoms with van der Waals surface area (Å²) in [5.74, 6) is 0. The monoisotopic (exact) mass is 304 g/mol. The van der Waals surface area contributed by atoms with Crippen molar-refractivity contribution in [3.63, 3.8) is 0 Å². The predicted octanol–water partition coefficient (Wildman–Crippen LogP) is 2.71. The molecule has 1 fully saturated rings. The van der Waals surface area contributed by atoms with Gasteiger partial charge in [-0.2, -0.15) is 0 Å². The fourth-order valence-electron chi connectivity index (χ4n) is 2.00. The van der Waals surface area contributed by atoms with Crippen LogP contribution in [0.15, 0.2) is 22.7 Å². The lowest BCUT2D eigenvalue weighted by Crippen LogP contribution is -2.26. The summed E-state index contributed by atoms with van der Waals surface area (Å²) >= 11 is 3.56. The molecule has 0 radical (unpaired) electrons. The molecular formula is C12H18BrClN2. The first-order chi connectivity index (χ1) is 7.15. The SMILES string of the molecule is Cc1ccc(CN2CC[C@H](N)C2)cc1Br.Cl. The standard InChI is InChI=1S/C12H17BrN2.ClH/c1-9-2-3-10(6-12(9)13)7-15-5-4-11(14)8-15;/h2-3,6,11H,4-5,7-8,14H2,1H3;1H/t11-;/m0./s1. The number of rotatable bonds is 2. The Morgan fingerprint density at radius 3 is 2.81 bits per heavy atom. The number of nitrogens with zero attached hydrogens (tertiary/aromatic N) is 1. The van der Waals surface area contributed by atoms with Gasteiger partial charge in [0.15, 0.2) is 0 Å². The van der Waals surface area contributed by atoms with Gasteiger partial charge in [-0.3, -0.25) is 4.90 Å². The van der Waals surface area contributed by atoms with Crippen molar-refractivity contribution in [2.45, 2.75) is 25.9 Å². The maximum atomic E-state index is 5.88. The van der Waals surface area contributed by atoms with Crippen LogP contribution in [0.5, 0.6) is 0 Å². The zero-order valence-corrected chi connectivity index (χ0v) is 11.9. The molecule has 1 aliphatic rings. The minimum Gasteiger partial charge on any atom is -0.326 e. The van der Waals surface area contributed by atoms with E-state index in [2.05, 4.69) is 46.0 Å². The minimum absolute atomic E-state index is 0. The van der Waals surface area contributed by atoms with Crippen molar-refractivity contribution in [1.29, 1.82) is 0 Å². The molecule has 0 bridgehead atoms. The van der Waals surface area contributed by atoms with E-state index in [1.165, 1.54) is 15.6 Å². The summed E-state index contributed by atoms with van der Waals surface area (Å²) < 4.78 is 1.20. The van der Waals surface area contributed by atoms with Crippen LogP contribution in [-0.4, -0.2) is 24.0 Å². The molecule has 4 heteroatoms. The quantitative estimate of drug-likeness (QED) is 0.910. The molecule has 1 heterocycles. The van der Waals surface area contributed by atoms with Gasteiger partial charge in [0.05, 0.1) is 0 Å². The Bertz CT molecular complexity index is 357. The third-order valence-electron chi connectivity index (χ3n) is 2.95. The van der Waals surface area contributed by atoms with Crippen molar-refractivity contribution < 1.29 is 0 Å². The number of likely N-dealkylation sites (tertiary alicyclic amines) is 1. The summed E-state index contributed by atoms with van der Waals surface area (Å²) in [6, 6.07) is 6.94. The molecule has 1 aromatic carbocycles. The average Bonchev–Trinajstić information content (AvgIpc) is 2.58. The fourth-order valence-corrected chi connectivity index (χ4v) is 2.43. The summed E-state index contributed by atoms with van der Waals surface area (Å²) in [4.78, 5) is 2.42. The van der Waals surface area contributed by atoms with Crippen molar-refractivity contribution in [3.8, 4) is 0 Å². The average molecular weight is 306 g/mol. The van der Waals surface area contributed by atoms with E-state index in [1.54, 1.807) is 0 Å². The minimum atomic E-state index is 0. The maximum Gasteiger partial charge on any atom is 0.0234 e. The van der Waals surface area contributed by atoms with E-state index in [1.807, 2.05) is 0 Å². The molecule has 1 saturated heterocycles. The van der Waals surface area contributed by atoms with Gasteiger partial charge in [0.2, 0.25) is 0 Å². The zero-order chi connectivity index (χ0) is 10.8. The molecule has 90 valence electrons. The van der Waals surface area contributed by atoms with Crippen LogP contribution in [0.3, 0.4) is 0 Å². The second kappa shape index (κ2) is 6.01. The largest absolute Gasteiger partial charge is 0.326 e. The highest BCUT2D eigenvalue weighted by molar-refractivity contribution is 9.10. The molecule has 1 aliphatic heterocycles. The fraction of sp³-hybridized carbons (Fsp3) is 0.500. The van der Waals surface area contributed by atoms with Crippen molar-refractivity contribution in [2.24, 2.45) is 5.73 Å². The highest BCUT2D eigenvalue weighted by atomic mass is 79.9. The van der Waals surface area contributed by atoms with E-state index in [-0.39, 0.29) is 12.4 Å². The maximum absolute atomic E-state index is 5.88. The molecular weight excluding hydrogens is 288 g/mol. The predicted molar refractivity (Wildman–Crippen MR) is 74.0 cm³/mol. The van der Waals surface area contributed by atoms with Gasteiger partial charge in [0.25, 0.3) is 0 Å². The summed E-state index contributed by atoms with van der Waals surface area (Å²) in [6.07, 6.45) is 1.13. The molecule has 0 amide bonds. The van der Waals surface area contributed by atoms with Crippen LogP contribution in [0, 0.1) is 6.92 Å². The highest BCUT2D eigenvalue weighted by Gasteiger charge is 2.18. The Labute approximate surface area is 112 Å². The van der Waals surface area contributed by atoms with Crippen molar-refractivity contribution in [1.82, 2.24) is 4.90 Å². The van der Waals surface area contributed by atoms with Crippen LogP contribution in [0.4, 0.5) is 0 Å². The number of benzene rings is 1. The lowest BCUT2D eigenvalue weighted by Gasteiger charge is -2.15. The van der Waals surface area contributed by atoms with E-state index in [0.29, 0.717) is 6.04 Å². The molecule has 2 nitrogen and oxygen atoms in total. The Kier molecular flexibility index (Phi) is 5.25. The molecule has 16 heavy (non-hydrogen) atoms. The number of aryl methyl sites for hydroxylation is 1. The molecule has 1 atom stereocenters. The summed E-state index contributed by atoms with van der Waals surface area (Å²) in [5, 5.41) is 0. The molecule has 2 rings (SSSR count). The zero-order valence-electron chi connectivity index (χ0n) is 9.45. The first-order valence-electron chi connectivity index (χ1n) is 5.38. The van der Waals surface area contributed by atoms with Gasteiger partial charge in [0, 0.05) is 30.1 Å². The molecule has 0 spiro atoms. The summed E-state index contributed by atoms with van der Waals surface area (Å²) in [5.41, 5.74) is 8.53. The van der Waals surface area contributed by atoms with Crippen LogP contribution in [0.2, 0.25) is 0 Å². The smallest absolute Gasteiger partial charge is 0.0234 e. The Hall–Kier alpha value is -0.0900. The number of halogens is 2. The Morgan fingerprint density at radius 1 is 1.50 bits per heavy atom. The third kappa shape index (κ3) is 3.45. The normalized spacial score (nSPS) is 20.8. The number of hydrogen-bond acceptors (Lipinski definition) is 2. The van der Waals surface area contributed by atoms with E-state index >= 15 is 0 Å². The van der Waals surface area contributed by atoms with Crippen LogP contribution in [-0.2, 0) is 6.54 Å². The van der Waals surface area contributed by atoms with Gasteiger partial charge < -0.3 is 5.73 Å². The molecule has 0 unspecified atom stereocenters. The molecule has 1 aromatic rings. The summed E-state index contributed by atoms with van der Waals surface area (Å²) in [6.45, 7) is 5.30. The van der Waals surface area contributed by atoms with E-state index in [4.69, 9.17) is 5.73 Å². The molecule has 0 aromatic heterocycles. The second-order valence-electron chi connectivity index (χ2n) is 4.37. The highest BCUT2D eigenvalue weighted by Crippen LogP contribution is 2.19. The lowest BCUT2D eigenvalue weighted by atomic mass is 10.1. The third-order valence-corrected chi connectivity index (χ3v) is 3.81. The molecule has 0 saturated carbocycles. The van der Waals surface area contributed by atoms with Gasteiger partial charge in [-0.15, -0.1) is 12.4 Å². The van der Waals surface area contributed by atoms with Crippen LogP contribution in [0.25, 0.3) is 0 Å². The topological polar surface area (TPSA) is 29.3 Å². The van der Waals surface area contributed by atoms with Crippen LogP contribution in [0.1, 0.15) is 17.5 Å². The van der Waals surface area contributed by atoms with Crippen LogP contribution < -0.4 is 5.73 Å².